The molecule has 0 saturated carbocycles. The molecule has 1 atom stereocenters. The van der Waals surface area contributed by atoms with Gasteiger partial charge >= 0.3 is 0 Å². The van der Waals surface area contributed by atoms with Crippen molar-refractivity contribution < 1.29 is 4.79 Å². The first-order valence-electron chi connectivity index (χ1n) is 6.58. The molecule has 3 nitrogen and oxygen atoms in total. The number of para-hydroxylation sites is 1. The lowest BCUT2D eigenvalue weighted by Gasteiger charge is -2.20. The van der Waals surface area contributed by atoms with Gasteiger partial charge in [0, 0.05) is 19.2 Å². The smallest absolute Gasteiger partial charge is 0.226 e. The molecule has 0 aliphatic carbocycles. The first kappa shape index (κ1) is 14.7. The molecule has 1 rings (SSSR count). The second kappa shape index (κ2) is 7.17. The van der Waals surface area contributed by atoms with E-state index in [1.165, 1.54) is 0 Å². The van der Waals surface area contributed by atoms with E-state index >= 15 is 0 Å². The SMILES string of the molecule is Cc1ccccc1N(C)C(=O)CCC(C)CCN. The minimum absolute atomic E-state index is 0.174. The van der Waals surface area contributed by atoms with Crippen molar-refractivity contribution in [1.29, 1.82) is 0 Å². The number of nitrogens with two attached hydrogens (primary N) is 1. The van der Waals surface area contributed by atoms with Crippen LogP contribution in [-0.2, 0) is 4.79 Å². The van der Waals surface area contributed by atoms with Gasteiger partial charge in [0.25, 0.3) is 0 Å². The summed E-state index contributed by atoms with van der Waals surface area (Å²) in [5.41, 5.74) is 7.63. The number of carbonyl (C=O) groups excluding carboxylic acids is 1. The number of hydrogen-bond acceptors (Lipinski definition) is 2. The van der Waals surface area contributed by atoms with Crippen molar-refractivity contribution in [2.24, 2.45) is 11.7 Å². The normalized spacial score (nSPS) is 12.2. The Bertz CT molecular complexity index is 390. The van der Waals surface area contributed by atoms with Gasteiger partial charge in [-0.05, 0) is 43.9 Å². The molecule has 18 heavy (non-hydrogen) atoms. The number of carbonyl (C=O) groups is 1. The maximum Gasteiger partial charge on any atom is 0.226 e. The Morgan fingerprint density at radius 1 is 1.33 bits per heavy atom. The largest absolute Gasteiger partial charge is 0.330 e. The van der Waals surface area contributed by atoms with Gasteiger partial charge in [0.1, 0.15) is 0 Å². The Kier molecular flexibility index (Phi) is 5.86. The van der Waals surface area contributed by atoms with Gasteiger partial charge in [-0.2, -0.15) is 0 Å². The van der Waals surface area contributed by atoms with Crippen LogP contribution in [0.5, 0.6) is 0 Å². The zero-order chi connectivity index (χ0) is 13.5. The molecule has 0 aliphatic rings. The number of nitrogens with zero attached hydrogens (tertiary/aromatic N) is 1. The molecule has 0 aromatic heterocycles. The van der Waals surface area contributed by atoms with Crippen LogP contribution in [0, 0.1) is 12.8 Å². The molecule has 3 heteroatoms. The van der Waals surface area contributed by atoms with Gasteiger partial charge in [-0.3, -0.25) is 4.79 Å². The quantitative estimate of drug-likeness (QED) is 0.841. The lowest BCUT2D eigenvalue weighted by atomic mass is 10.0. The maximum atomic E-state index is 12.1. The van der Waals surface area contributed by atoms with Gasteiger partial charge in [0.05, 0.1) is 0 Å². The van der Waals surface area contributed by atoms with Crippen molar-refractivity contribution in [3.8, 4) is 0 Å². The standard InChI is InChI=1S/C15H24N2O/c1-12(10-11-16)8-9-15(18)17(3)14-7-5-4-6-13(14)2/h4-7,12H,8-11,16H2,1-3H3. The van der Waals surface area contributed by atoms with Crippen molar-refractivity contribution in [3.05, 3.63) is 29.8 Å². The average Bonchev–Trinajstić information content (AvgIpc) is 2.36. The molecule has 1 aromatic rings. The molecule has 0 aliphatic heterocycles. The van der Waals surface area contributed by atoms with Crippen molar-refractivity contribution in [2.45, 2.75) is 33.1 Å². The number of benzene rings is 1. The summed E-state index contributed by atoms with van der Waals surface area (Å²) < 4.78 is 0. The van der Waals surface area contributed by atoms with Crippen molar-refractivity contribution in [1.82, 2.24) is 0 Å². The summed E-state index contributed by atoms with van der Waals surface area (Å²) in [4.78, 5) is 13.9. The van der Waals surface area contributed by atoms with Crippen LogP contribution in [0.1, 0.15) is 31.7 Å². The zero-order valence-electron chi connectivity index (χ0n) is 11.6. The summed E-state index contributed by atoms with van der Waals surface area (Å²) >= 11 is 0. The van der Waals surface area contributed by atoms with E-state index in [2.05, 4.69) is 6.92 Å². The fraction of sp³-hybridized carbons (Fsp3) is 0.533. The summed E-state index contributed by atoms with van der Waals surface area (Å²) in [6, 6.07) is 7.95. The molecule has 1 unspecified atom stereocenters. The predicted octanol–water partition coefficient (Wildman–Crippen LogP) is 2.72. The zero-order valence-corrected chi connectivity index (χ0v) is 11.6. The molecule has 0 fully saturated rings. The Morgan fingerprint density at radius 3 is 2.61 bits per heavy atom. The molecule has 0 heterocycles. The van der Waals surface area contributed by atoms with Crippen molar-refractivity contribution >= 4 is 11.6 Å². The summed E-state index contributed by atoms with van der Waals surface area (Å²) in [7, 11) is 1.85. The minimum atomic E-state index is 0.174. The van der Waals surface area contributed by atoms with Gasteiger partial charge in [0.15, 0.2) is 0 Å². The highest BCUT2D eigenvalue weighted by molar-refractivity contribution is 5.93. The molecule has 0 saturated heterocycles. The minimum Gasteiger partial charge on any atom is -0.330 e. The van der Waals surface area contributed by atoms with Crippen LogP contribution in [0.4, 0.5) is 5.69 Å². The fourth-order valence-electron chi connectivity index (χ4n) is 2.04. The van der Waals surface area contributed by atoms with Crippen LogP contribution in [0.3, 0.4) is 0 Å². The molecular formula is C15H24N2O. The third-order valence-electron chi connectivity index (χ3n) is 3.36. The van der Waals surface area contributed by atoms with E-state index < -0.39 is 0 Å². The Balaban J connectivity index is 2.54. The van der Waals surface area contributed by atoms with E-state index in [1.807, 2.05) is 38.2 Å². The Labute approximate surface area is 110 Å². The topological polar surface area (TPSA) is 46.3 Å². The molecule has 1 amide bonds. The Hall–Kier alpha value is -1.35. The number of rotatable bonds is 6. The summed E-state index contributed by atoms with van der Waals surface area (Å²) in [6.45, 7) is 4.87. The summed E-state index contributed by atoms with van der Waals surface area (Å²) in [5, 5.41) is 0. The lowest BCUT2D eigenvalue weighted by molar-refractivity contribution is -0.118. The van der Waals surface area contributed by atoms with Crippen molar-refractivity contribution in [3.63, 3.8) is 0 Å². The number of hydrogen-bond donors (Lipinski definition) is 1. The molecule has 100 valence electrons. The summed E-state index contributed by atoms with van der Waals surface area (Å²) in [5.74, 6) is 0.692. The van der Waals surface area contributed by atoms with Gasteiger partial charge in [-0.25, -0.2) is 0 Å². The fourth-order valence-corrected chi connectivity index (χ4v) is 2.04. The van der Waals surface area contributed by atoms with Crippen LogP contribution in [0.2, 0.25) is 0 Å². The molecule has 0 radical (unpaired) electrons. The predicted molar refractivity (Wildman–Crippen MR) is 76.7 cm³/mol. The van der Waals surface area contributed by atoms with E-state index in [0.717, 1.165) is 24.1 Å². The van der Waals surface area contributed by atoms with E-state index in [4.69, 9.17) is 5.73 Å². The third kappa shape index (κ3) is 4.15. The first-order chi connectivity index (χ1) is 8.56. The first-order valence-corrected chi connectivity index (χ1v) is 6.58. The van der Waals surface area contributed by atoms with E-state index in [1.54, 1.807) is 4.90 Å². The second-order valence-electron chi connectivity index (χ2n) is 4.96. The van der Waals surface area contributed by atoms with Crippen LogP contribution < -0.4 is 10.6 Å². The van der Waals surface area contributed by atoms with E-state index in [-0.39, 0.29) is 5.91 Å². The monoisotopic (exact) mass is 248 g/mol. The highest BCUT2D eigenvalue weighted by atomic mass is 16.2. The average molecular weight is 248 g/mol. The van der Waals surface area contributed by atoms with Crippen LogP contribution in [-0.4, -0.2) is 19.5 Å². The number of aryl methyl sites for hydroxylation is 1. The van der Waals surface area contributed by atoms with Gasteiger partial charge in [0.2, 0.25) is 5.91 Å². The van der Waals surface area contributed by atoms with E-state index in [9.17, 15) is 4.79 Å². The highest BCUT2D eigenvalue weighted by Crippen LogP contribution is 2.19. The van der Waals surface area contributed by atoms with E-state index in [0.29, 0.717) is 18.9 Å². The second-order valence-corrected chi connectivity index (χ2v) is 4.96. The molecule has 2 N–H and O–H groups in total. The van der Waals surface area contributed by atoms with Crippen molar-refractivity contribution in [2.75, 3.05) is 18.5 Å². The highest BCUT2D eigenvalue weighted by Gasteiger charge is 2.13. The molecule has 0 bridgehead atoms. The lowest BCUT2D eigenvalue weighted by Crippen LogP contribution is -2.27. The van der Waals surface area contributed by atoms with Gasteiger partial charge in [-0.15, -0.1) is 0 Å². The van der Waals surface area contributed by atoms with Crippen LogP contribution in [0.25, 0.3) is 0 Å². The third-order valence-corrected chi connectivity index (χ3v) is 3.36. The maximum absolute atomic E-state index is 12.1. The number of amides is 1. The molecule has 0 spiro atoms. The van der Waals surface area contributed by atoms with Crippen LogP contribution in [0.15, 0.2) is 24.3 Å². The van der Waals surface area contributed by atoms with Gasteiger partial charge in [-0.1, -0.05) is 25.1 Å². The van der Waals surface area contributed by atoms with Gasteiger partial charge < -0.3 is 10.6 Å². The number of anilines is 1. The van der Waals surface area contributed by atoms with Crippen LogP contribution >= 0.6 is 0 Å². The summed E-state index contributed by atoms with van der Waals surface area (Å²) in [6.07, 6.45) is 2.49. The molecule has 1 aromatic carbocycles. The molecular weight excluding hydrogens is 224 g/mol. The Morgan fingerprint density at radius 2 is 2.00 bits per heavy atom.